The molecule has 2 heterocycles. The summed E-state index contributed by atoms with van der Waals surface area (Å²) < 4.78 is 0. The van der Waals surface area contributed by atoms with Crippen LogP contribution in [-0.4, -0.2) is 23.7 Å². The van der Waals surface area contributed by atoms with E-state index in [1.807, 2.05) is 79.7 Å². The average molecular weight is 410 g/mol. The topological polar surface area (TPSA) is 66.9 Å². The number of hydrogen-bond acceptors (Lipinski definition) is 5. The van der Waals surface area contributed by atoms with Crippen molar-refractivity contribution in [3.8, 4) is 10.6 Å². The van der Waals surface area contributed by atoms with E-state index in [1.54, 1.807) is 6.20 Å². The first-order chi connectivity index (χ1) is 14.6. The molecule has 2 radical (unpaired) electrons. The number of hydrogen-bond donors (Lipinski definition) is 2. The number of carbonyl (C=O) groups is 1. The zero-order valence-corrected chi connectivity index (χ0v) is 17.2. The van der Waals surface area contributed by atoms with Gasteiger partial charge in [-0.1, -0.05) is 47.9 Å². The highest BCUT2D eigenvalue weighted by molar-refractivity contribution is 7.17. The molecule has 0 fully saturated rings. The van der Waals surface area contributed by atoms with Gasteiger partial charge in [-0.3, -0.25) is 4.79 Å². The maximum Gasteiger partial charge on any atom is 0.261 e. The van der Waals surface area contributed by atoms with Crippen molar-refractivity contribution in [3.63, 3.8) is 0 Å². The minimum absolute atomic E-state index is 0.0718. The number of amides is 1. The minimum Gasteiger partial charge on any atom is -0.345 e. The Morgan fingerprint density at radius 1 is 1.03 bits per heavy atom. The first-order valence-corrected chi connectivity index (χ1v) is 10.3. The molecule has 0 aliphatic rings. The van der Waals surface area contributed by atoms with Crippen LogP contribution in [0.4, 0.5) is 11.6 Å². The SMILES string of the molecule is [B]c1cccc(Nc2nccc(-c3ccc(C(=O)N[C@H](C)c4ccccc4)s3)n2)c1. The summed E-state index contributed by atoms with van der Waals surface area (Å²) in [6, 6.07) is 22.8. The van der Waals surface area contributed by atoms with Crippen LogP contribution in [0.2, 0.25) is 0 Å². The summed E-state index contributed by atoms with van der Waals surface area (Å²) in [5.41, 5.74) is 3.29. The summed E-state index contributed by atoms with van der Waals surface area (Å²) in [6.07, 6.45) is 1.69. The molecule has 2 N–H and O–H groups in total. The summed E-state index contributed by atoms with van der Waals surface area (Å²) in [5.74, 6) is 0.366. The van der Waals surface area contributed by atoms with Gasteiger partial charge in [0.1, 0.15) is 7.85 Å². The van der Waals surface area contributed by atoms with E-state index in [9.17, 15) is 4.79 Å². The molecular weight excluding hydrogens is 391 g/mol. The molecule has 5 nitrogen and oxygen atoms in total. The molecule has 2 aromatic heterocycles. The van der Waals surface area contributed by atoms with Crippen LogP contribution >= 0.6 is 11.3 Å². The third-order valence-electron chi connectivity index (χ3n) is 4.53. The monoisotopic (exact) mass is 410 g/mol. The Hall–Kier alpha value is -3.45. The maximum absolute atomic E-state index is 12.7. The maximum atomic E-state index is 12.7. The second kappa shape index (κ2) is 8.92. The molecule has 146 valence electrons. The van der Waals surface area contributed by atoms with Crippen LogP contribution < -0.4 is 16.1 Å². The van der Waals surface area contributed by atoms with E-state index in [4.69, 9.17) is 7.85 Å². The number of rotatable bonds is 6. The molecule has 0 spiro atoms. The van der Waals surface area contributed by atoms with Gasteiger partial charge in [0, 0.05) is 11.9 Å². The van der Waals surface area contributed by atoms with Gasteiger partial charge in [-0.2, -0.15) is 0 Å². The summed E-state index contributed by atoms with van der Waals surface area (Å²) in [7, 11) is 5.82. The smallest absolute Gasteiger partial charge is 0.261 e. The zero-order chi connectivity index (χ0) is 20.9. The highest BCUT2D eigenvalue weighted by atomic mass is 32.1. The Bertz CT molecular complexity index is 1160. The van der Waals surface area contributed by atoms with Gasteiger partial charge in [0.25, 0.3) is 5.91 Å². The summed E-state index contributed by atoms with van der Waals surface area (Å²) in [6.45, 7) is 1.97. The lowest BCUT2D eigenvalue weighted by Gasteiger charge is -2.13. The van der Waals surface area contributed by atoms with E-state index in [0.29, 0.717) is 16.3 Å². The Balaban J connectivity index is 1.47. The van der Waals surface area contributed by atoms with E-state index in [2.05, 4.69) is 20.6 Å². The molecule has 1 atom stereocenters. The second-order valence-corrected chi connectivity index (χ2v) is 7.87. The Kier molecular flexibility index (Phi) is 5.91. The third kappa shape index (κ3) is 4.75. The fourth-order valence-corrected chi connectivity index (χ4v) is 3.87. The molecule has 1 amide bonds. The molecule has 7 heteroatoms. The first-order valence-electron chi connectivity index (χ1n) is 9.50. The molecule has 0 saturated carbocycles. The standard InChI is InChI=1S/C23H19BN4OS/c1-15(16-6-3-2-4-7-16)26-22(29)21-11-10-20(30-21)19-12-13-25-23(28-19)27-18-9-5-8-17(24)14-18/h2-15H,1H3,(H,26,29)(H,25,27,28)/t15-/m1/s1. The summed E-state index contributed by atoms with van der Waals surface area (Å²) >= 11 is 1.40. The van der Waals surface area contributed by atoms with Crippen molar-refractivity contribution in [1.82, 2.24) is 15.3 Å². The number of aromatic nitrogens is 2. The van der Waals surface area contributed by atoms with Crippen LogP contribution in [0, 0.1) is 0 Å². The molecule has 0 bridgehead atoms. The van der Waals surface area contributed by atoms with Crippen molar-refractivity contribution in [1.29, 1.82) is 0 Å². The van der Waals surface area contributed by atoms with Gasteiger partial charge in [0.15, 0.2) is 0 Å². The Labute approximate surface area is 180 Å². The lowest BCUT2D eigenvalue weighted by Crippen LogP contribution is -2.25. The first kappa shape index (κ1) is 19.9. The van der Waals surface area contributed by atoms with Crippen molar-refractivity contribution < 1.29 is 4.79 Å². The fourth-order valence-electron chi connectivity index (χ4n) is 2.99. The molecule has 0 aliphatic heterocycles. The van der Waals surface area contributed by atoms with Crippen LogP contribution in [0.1, 0.15) is 28.2 Å². The van der Waals surface area contributed by atoms with Gasteiger partial charge in [-0.15, -0.1) is 11.3 Å². The summed E-state index contributed by atoms with van der Waals surface area (Å²) in [4.78, 5) is 23.0. The number of anilines is 2. The lowest BCUT2D eigenvalue weighted by molar-refractivity contribution is 0.0944. The van der Waals surface area contributed by atoms with E-state index in [0.717, 1.165) is 21.8 Å². The van der Waals surface area contributed by atoms with Gasteiger partial charge in [0.05, 0.1) is 21.5 Å². The third-order valence-corrected chi connectivity index (χ3v) is 5.63. The van der Waals surface area contributed by atoms with Crippen LogP contribution in [0.15, 0.2) is 79.0 Å². The van der Waals surface area contributed by atoms with Crippen LogP contribution in [0.25, 0.3) is 10.6 Å². The number of benzene rings is 2. The minimum atomic E-state index is -0.102. The largest absolute Gasteiger partial charge is 0.345 e. The number of nitrogens with one attached hydrogen (secondary N) is 2. The van der Waals surface area contributed by atoms with Crippen LogP contribution in [-0.2, 0) is 0 Å². The van der Waals surface area contributed by atoms with Crippen molar-refractivity contribution in [3.05, 3.63) is 89.4 Å². The van der Waals surface area contributed by atoms with Gasteiger partial charge in [-0.25, -0.2) is 9.97 Å². The number of nitrogens with zero attached hydrogens (tertiary/aromatic N) is 2. The number of carbonyl (C=O) groups excluding carboxylic acids is 1. The van der Waals surface area contributed by atoms with E-state index in [-0.39, 0.29) is 11.9 Å². The van der Waals surface area contributed by atoms with Crippen molar-refractivity contribution in [2.24, 2.45) is 0 Å². The molecule has 0 saturated heterocycles. The van der Waals surface area contributed by atoms with Crippen molar-refractivity contribution >= 4 is 42.2 Å². The molecule has 0 aliphatic carbocycles. The highest BCUT2D eigenvalue weighted by Crippen LogP contribution is 2.28. The van der Waals surface area contributed by atoms with E-state index >= 15 is 0 Å². The lowest BCUT2D eigenvalue weighted by atomic mass is 9.96. The van der Waals surface area contributed by atoms with Gasteiger partial charge >= 0.3 is 0 Å². The van der Waals surface area contributed by atoms with Gasteiger partial charge < -0.3 is 10.6 Å². The fraction of sp³-hybridized carbons (Fsp3) is 0.0870. The zero-order valence-electron chi connectivity index (χ0n) is 16.4. The molecule has 4 rings (SSSR count). The van der Waals surface area contributed by atoms with E-state index < -0.39 is 0 Å². The average Bonchev–Trinajstić information content (AvgIpc) is 3.25. The van der Waals surface area contributed by atoms with Crippen LogP contribution in [0.5, 0.6) is 0 Å². The van der Waals surface area contributed by atoms with Crippen molar-refractivity contribution in [2.75, 3.05) is 5.32 Å². The van der Waals surface area contributed by atoms with E-state index in [1.165, 1.54) is 11.3 Å². The Morgan fingerprint density at radius 2 is 1.87 bits per heavy atom. The predicted octanol–water partition coefficient (Wildman–Crippen LogP) is 4.23. The Morgan fingerprint density at radius 3 is 2.67 bits per heavy atom. The molecule has 4 aromatic rings. The molecule has 30 heavy (non-hydrogen) atoms. The second-order valence-electron chi connectivity index (χ2n) is 6.79. The van der Waals surface area contributed by atoms with Crippen LogP contribution in [0.3, 0.4) is 0 Å². The van der Waals surface area contributed by atoms with Gasteiger partial charge in [0.2, 0.25) is 5.95 Å². The van der Waals surface area contributed by atoms with Crippen molar-refractivity contribution in [2.45, 2.75) is 13.0 Å². The quantitative estimate of drug-likeness (QED) is 0.467. The number of thiophene rings is 1. The normalized spacial score (nSPS) is 11.6. The highest BCUT2D eigenvalue weighted by Gasteiger charge is 2.15. The molecular formula is C23H19BN4OS. The van der Waals surface area contributed by atoms with Gasteiger partial charge in [-0.05, 0) is 42.8 Å². The predicted molar refractivity (Wildman–Crippen MR) is 123 cm³/mol. The summed E-state index contributed by atoms with van der Waals surface area (Å²) in [5, 5.41) is 6.19. The molecule has 2 aromatic carbocycles. The molecule has 0 unspecified atom stereocenters.